The molecule has 0 spiro atoms. The van der Waals surface area contributed by atoms with Crippen molar-refractivity contribution in [2.24, 2.45) is 0 Å². The zero-order valence-electron chi connectivity index (χ0n) is 23.5. The Bertz CT molecular complexity index is 1540. The predicted molar refractivity (Wildman–Crippen MR) is 153 cm³/mol. The van der Waals surface area contributed by atoms with Crippen LogP contribution in [0.1, 0.15) is 22.8 Å². The van der Waals surface area contributed by atoms with Crippen LogP contribution < -0.4 is 20.9 Å². The van der Waals surface area contributed by atoms with Gasteiger partial charge < -0.3 is 30.5 Å². The normalized spacial score (nSPS) is 17.8. The Morgan fingerprint density at radius 1 is 1.07 bits per heavy atom. The number of carbonyl (C=O) groups excluding carboxylic acids is 1. The van der Waals surface area contributed by atoms with Crippen molar-refractivity contribution in [3.8, 4) is 11.1 Å². The highest BCUT2D eigenvalue weighted by Crippen LogP contribution is 2.38. The van der Waals surface area contributed by atoms with Crippen LogP contribution in [0.2, 0.25) is 0 Å². The quantitative estimate of drug-likeness (QED) is 0.318. The Balaban J connectivity index is 1.56. The summed E-state index contributed by atoms with van der Waals surface area (Å²) < 4.78 is 76.4. The van der Waals surface area contributed by atoms with Crippen LogP contribution in [0.25, 0.3) is 11.1 Å². The third kappa shape index (κ3) is 6.19. The van der Waals surface area contributed by atoms with Crippen LogP contribution in [0.3, 0.4) is 0 Å². The van der Waals surface area contributed by atoms with Crippen LogP contribution in [-0.4, -0.2) is 73.3 Å². The standard InChI is InChI=1S/C29H30F5N7O2/c1-16-14-41(15-17(2)39(16)3)26-11-22(30)19(18-12-36-28(37-13-18)40-4-6-43-7-5-40)9-25(26)38-27(42)20-8-24(35)23(31)10-21(20)29(32,33)34/h8-13,17H,1,4-7,14-15,35H2,2-3H3,(H,38,42)/t17-/m0/s1. The van der Waals surface area contributed by atoms with E-state index in [0.29, 0.717) is 44.9 Å². The number of halogens is 5. The molecule has 2 saturated heterocycles. The number of anilines is 4. The first-order valence-electron chi connectivity index (χ1n) is 13.4. The summed E-state index contributed by atoms with van der Waals surface area (Å²) in [6.45, 7) is 8.92. The minimum atomic E-state index is -5.04. The van der Waals surface area contributed by atoms with E-state index in [9.17, 15) is 22.4 Å². The van der Waals surface area contributed by atoms with Gasteiger partial charge in [0.25, 0.3) is 5.91 Å². The van der Waals surface area contributed by atoms with Gasteiger partial charge in [-0.15, -0.1) is 0 Å². The third-order valence-corrected chi connectivity index (χ3v) is 7.62. The van der Waals surface area contributed by atoms with Gasteiger partial charge in [-0.2, -0.15) is 13.2 Å². The molecule has 0 unspecified atom stereocenters. The molecule has 2 fully saturated rings. The maximum atomic E-state index is 15.7. The Labute approximate surface area is 244 Å². The summed E-state index contributed by atoms with van der Waals surface area (Å²) in [5.74, 6) is -2.72. The Hall–Kier alpha value is -4.46. The van der Waals surface area contributed by atoms with Crippen molar-refractivity contribution in [2.45, 2.75) is 19.1 Å². The molecule has 1 atom stereocenters. The molecule has 2 aliphatic rings. The average molecular weight is 604 g/mol. The van der Waals surface area contributed by atoms with Crippen molar-refractivity contribution in [1.29, 1.82) is 0 Å². The number of benzene rings is 2. The zero-order chi connectivity index (χ0) is 31.1. The van der Waals surface area contributed by atoms with Crippen LogP contribution >= 0.6 is 0 Å². The van der Waals surface area contributed by atoms with Crippen LogP contribution in [0.5, 0.6) is 0 Å². The van der Waals surface area contributed by atoms with E-state index in [-0.39, 0.29) is 41.2 Å². The largest absolute Gasteiger partial charge is 0.417 e. The van der Waals surface area contributed by atoms with Crippen molar-refractivity contribution in [3.05, 3.63) is 71.7 Å². The molecule has 0 saturated carbocycles. The van der Waals surface area contributed by atoms with Gasteiger partial charge in [-0.1, -0.05) is 6.58 Å². The first-order chi connectivity index (χ1) is 20.3. The van der Waals surface area contributed by atoms with Crippen molar-refractivity contribution < 1.29 is 31.5 Å². The molecule has 2 aliphatic heterocycles. The van der Waals surface area contributed by atoms with E-state index >= 15 is 4.39 Å². The van der Waals surface area contributed by atoms with Crippen LogP contribution in [0, 0.1) is 11.6 Å². The molecular formula is C29H30F5N7O2. The Kier molecular flexibility index (Phi) is 8.14. The van der Waals surface area contributed by atoms with Gasteiger partial charge in [-0.05, 0) is 31.2 Å². The summed E-state index contributed by atoms with van der Waals surface area (Å²) in [6.07, 6.45) is -2.17. The smallest absolute Gasteiger partial charge is 0.396 e. The lowest BCUT2D eigenvalue weighted by Crippen LogP contribution is -2.48. The highest BCUT2D eigenvalue weighted by molar-refractivity contribution is 6.08. The SMILES string of the molecule is C=C1CN(c2cc(F)c(-c3cnc(N4CCOCC4)nc3)cc2NC(=O)c2cc(N)c(F)cc2C(F)(F)F)C[C@H](C)N1C. The number of morpholine rings is 1. The summed E-state index contributed by atoms with van der Waals surface area (Å²) in [4.78, 5) is 27.7. The fourth-order valence-electron chi connectivity index (χ4n) is 5.07. The van der Waals surface area contributed by atoms with Gasteiger partial charge in [0.1, 0.15) is 11.6 Å². The number of alkyl halides is 3. The van der Waals surface area contributed by atoms with Gasteiger partial charge in [-0.3, -0.25) is 4.79 Å². The van der Waals surface area contributed by atoms with E-state index in [4.69, 9.17) is 10.5 Å². The number of nitrogen functional groups attached to an aromatic ring is 1. The molecule has 2 aromatic carbocycles. The number of ether oxygens (including phenoxy) is 1. The van der Waals surface area contributed by atoms with Crippen LogP contribution in [0.4, 0.5) is 45.0 Å². The number of hydrogen-bond acceptors (Lipinski definition) is 8. The number of rotatable bonds is 5. The molecule has 1 amide bonds. The summed E-state index contributed by atoms with van der Waals surface area (Å²) in [7, 11) is 1.87. The molecule has 9 nitrogen and oxygen atoms in total. The minimum absolute atomic E-state index is 0.0169. The molecule has 0 aliphatic carbocycles. The lowest BCUT2D eigenvalue weighted by Gasteiger charge is -2.42. The molecule has 1 aromatic heterocycles. The molecular weight excluding hydrogens is 573 g/mol. The lowest BCUT2D eigenvalue weighted by molar-refractivity contribution is -0.138. The Morgan fingerprint density at radius 3 is 2.37 bits per heavy atom. The monoisotopic (exact) mass is 603 g/mol. The van der Waals surface area contributed by atoms with Crippen molar-refractivity contribution in [3.63, 3.8) is 0 Å². The number of nitrogens with two attached hydrogens (primary N) is 1. The van der Waals surface area contributed by atoms with Crippen LogP contribution in [0.15, 0.2) is 48.9 Å². The van der Waals surface area contributed by atoms with Gasteiger partial charge in [-0.25, -0.2) is 18.7 Å². The number of likely N-dealkylation sites (N-methyl/N-ethyl adjacent to an activating group) is 1. The fourth-order valence-corrected chi connectivity index (χ4v) is 5.07. The summed E-state index contributed by atoms with van der Waals surface area (Å²) >= 11 is 0. The van der Waals surface area contributed by atoms with E-state index in [1.807, 2.05) is 23.8 Å². The third-order valence-electron chi connectivity index (χ3n) is 7.62. The van der Waals surface area contributed by atoms with E-state index < -0.39 is 40.5 Å². The summed E-state index contributed by atoms with van der Waals surface area (Å²) in [5.41, 5.74) is 3.81. The number of nitrogens with one attached hydrogen (secondary N) is 1. The number of piperazine rings is 1. The van der Waals surface area contributed by atoms with Crippen LogP contribution in [-0.2, 0) is 10.9 Å². The minimum Gasteiger partial charge on any atom is -0.396 e. The molecule has 228 valence electrons. The first kappa shape index (κ1) is 30.0. The molecule has 5 rings (SSSR count). The van der Waals surface area contributed by atoms with Gasteiger partial charge in [0.15, 0.2) is 0 Å². The van der Waals surface area contributed by atoms with E-state index in [1.54, 1.807) is 4.90 Å². The number of nitrogens with zero attached hydrogens (tertiary/aromatic N) is 5. The molecule has 14 heteroatoms. The molecule has 3 aromatic rings. The maximum Gasteiger partial charge on any atom is 0.417 e. The summed E-state index contributed by atoms with van der Waals surface area (Å²) in [5, 5.41) is 2.49. The fraction of sp³-hybridized carbons (Fsp3) is 0.345. The molecule has 43 heavy (non-hydrogen) atoms. The van der Waals surface area contributed by atoms with E-state index in [0.717, 1.165) is 5.70 Å². The number of aromatic nitrogens is 2. The second-order valence-electron chi connectivity index (χ2n) is 10.5. The first-order valence-corrected chi connectivity index (χ1v) is 13.4. The van der Waals surface area contributed by atoms with Crippen molar-refractivity contribution >= 4 is 28.9 Å². The molecule has 0 radical (unpaired) electrons. The zero-order valence-corrected chi connectivity index (χ0v) is 23.5. The highest BCUT2D eigenvalue weighted by Gasteiger charge is 2.37. The van der Waals surface area contributed by atoms with Gasteiger partial charge in [0, 0.05) is 61.9 Å². The van der Waals surface area contributed by atoms with Gasteiger partial charge >= 0.3 is 6.18 Å². The van der Waals surface area contributed by atoms with Gasteiger partial charge in [0.05, 0.1) is 47.9 Å². The molecule has 0 bridgehead atoms. The topological polar surface area (TPSA) is 99.8 Å². The lowest BCUT2D eigenvalue weighted by atomic mass is 10.0. The maximum absolute atomic E-state index is 15.7. The van der Waals surface area contributed by atoms with Crippen molar-refractivity contribution in [1.82, 2.24) is 14.9 Å². The van der Waals surface area contributed by atoms with Gasteiger partial charge in [0.2, 0.25) is 5.95 Å². The molecule has 3 heterocycles. The number of carbonyl (C=O) groups is 1. The highest BCUT2D eigenvalue weighted by atomic mass is 19.4. The second-order valence-corrected chi connectivity index (χ2v) is 10.5. The Morgan fingerprint density at radius 2 is 1.74 bits per heavy atom. The molecule has 3 N–H and O–H groups in total. The van der Waals surface area contributed by atoms with E-state index in [1.165, 1.54) is 24.5 Å². The average Bonchev–Trinajstić information content (AvgIpc) is 2.97. The predicted octanol–water partition coefficient (Wildman–Crippen LogP) is 4.77. The van der Waals surface area contributed by atoms with Crippen molar-refractivity contribution in [2.75, 3.05) is 67.3 Å². The second kappa shape index (κ2) is 11.7. The summed E-state index contributed by atoms with van der Waals surface area (Å²) in [6, 6.07) is 3.30. The van der Waals surface area contributed by atoms with E-state index in [2.05, 4.69) is 21.9 Å². The number of amides is 1. The number of hydrogen-bond donors (Lipinski definition) is 2.